The number of aromatic nitrogens is 3. The zero-order valence-corrected chi connectivity index (χ0v) is 12.9. The van der Waals surface area contributed by atoms with Crippen LogP contribution in [-0.4, -0.2) is 20.5 Å². The third-order valence-electron chi connectivity index (χ3n) is 2.80. The van der Waals surface area contributed by atoms with E-state index in [1.54, 1.807) is 36.1 Å². The Labute approximate surface area is 133 Å². The second-order valence-electron chi connectivity index (χ2n) is 4.46. The maximum atomic E-state index is 11.9. The normalized spacial score (nSPS) is 13.0. The molecule has 0 aromatic carbocycles. The molecule has 0 aliphatic heterocycles. The molecule has 0 saturated heterocycles. The Morgan fingerprint density at radius 3 is 3.00 bits per heavy atom. The number of furan rings is 1. The second-order valence-corrected chi connectivity index (χ2v) is 5.91. The minimum Gasteiger partial charge on any atom is -0.461 e. The lowest BCUT2D eigenvalue weighted by Gasteiger charge is -1.84. The molecular weight excluding hydrogens is 326 g/mol. The molecule has 0 atom stereocenters. The molecule has 0 radical (unpaired) electrons. The lowest BCUT2D eigenvalue weighted by atomic mass is 10.3. The average Bonchev–Trinajstić information content (AvgIpc) is 3.14. The summed E-state index contributed by atoms with van der Waals surface area (Å²) < 4.78 is 7.45. The molecule has 3 rings (SSSR count). The molecule has 22 heavy (non-hydrogen) atoms. The van der Waals surface area contributed by atoms with E-state index < -0.39 is 0 Å². The summed E-state index contributed by atoms with van der Waals surface area (Å²) in [7, 11) is 1.74. The van der Waals surface area contributed by atoms with Crippen molar-refractivity contribution in [1.29, 1.82) is 0 Å². The van der Waals surface area contributed by atoms with Gasteiger partial charge in [-0.2, -0.15) is 5.10 Å². The molecule has 0 bridgehead atoms. The summed E-state index contributed by atoms with van der Waals surface area (Å²) in [4.78, 5) is 26.5. The fourth-order valence-electron chi connectivity index (χ4n) is 1.85. The van der Waals surface area contributed by atoms with Gasteiger partial charge in [-0.1, -0.05) is 11.6 Å². The van der Waals surface area contributed by atoms with E-state index in [1.807, 2.05) is 0 Å². The van der Waals surface area contributed by atoms with Crippen LogP contribution in [0.4, 0.5) is 0 Å². The lowest BCUT2D eigenvalue weighted by Crippen LogP contribution is -2.19. The Kier molecular flexibility index (Phi) is 3.82. The number of rotatable bonds is 3. The number of halogens is 1. The Morgan fingerprint density at radius 1 is 1.55 bits per heavy atom. The predicted molar refractivity (Wildman–Crippen MR) is 83.5 cm³/mol. The lowest BCUT2D eigenvalue weighted by molar-refractivity contribution is 0.103. The summed E-state index contributed by atoms with van der Waals surface area (Å²) in [5.74, 6) is -0.0939. The van der Waals surface area contributed by atoms with E-state index in [2.05, 4.69) is 10.1 Å². The Balaban J connectivity index is 2.03. The topological polar surface area (TPSA) is 80.9 Å². The number of nitrogens with zero attached hydrogens (tertiary/aromatic N) is 2. The zero-order valence-electron chi connectivity index (χ0n) is 11.4. The average molecular weight is 336 g/mol. The molecule has 3 aromatic rings. The molecule has 3 aromatic heterocycles. The van der Waals surface area contributed by atoms with Crippen molar-refractivity contribution in [3.05, 3.63) is 60.6 Å². The van der Waals surface area contributed by atoms with Crippen LogP contribution in [0.2, 0.25) is 5.15 Å². The van der Waals surface area contributed by atoms with Crippen LogP contribution in [0.3, 0.4) is 0 Å². The number of hydrogen-bond acceptors (Lipinski definition) is 5. The summed E-state index contributed by atoms with van der Waals surface area (Å²) in [5, 5.41) is 4.31. The molecule has 6 nitrogen and oxygen atoms in total. The van der Waals surface area contributed by atoms with Gasteiger partial charge in [-0.25, -0.2) is 0 Å². The zero-order chi connectivity index (χ0) is 15.7. The van der Waals surface area contributed by atoms with Crippen LogP contribution in [0.15, 0.2) is 33.8 Å². The smallest absolute Gasteiger partial charge is 0.266 e. The highest BCUT2D eigenvalue weighted by molar-refractivity contribution is 7.07. The quantitative estimate of drug-likeness (QED) is 0.721. The Hall–Kier alpha value is -2.38. The maximum Gasteiger partial charge on any atom is 0.266 e. The predicted octanol–water partition coefficient (Wildman–Crippen LogP) is 0.909. The molecule has 0 fully saturated rings. The van der Waals surface area contributed by atoms with Gasteiger partial charge in [0.1, 0.15) is 0 Å². The molecule has 8 heteroatoms. The summed E-state index contributed by atoms with van der Waals surface area (Å²) in [6, 6.07) is 3.19. The van der Waals surface area contributed by atoms with Crippen LogP contribution in [0.1, 0.15) is 16.1 Å². The molecule has 3 heterocycles. The number of thiazole rings is 1. The van der Waals surface area contributed by atoms with Crippen molar-refractivity contribution in [1.82, 2.24) is 14.8 Å². The highest BCUT2D eigenvalue weighted by atomic mass is 35.5. The van der Waals surface area contributed by atoms with Crippen molar-refractivity contribution in [3.8, 4) is 0 Å². The van der Waals surface area contributed by atoms with E-state index in [-0.39, 0.29) is 17.1 Å². The van der Waals surface area contributed by atoms with Gasteiger partial charge in [0.25, 0.3) is 5.56 Å². The van der Waals surface area contributed by atoms with E-state index in [0.29, 0.717) is 19.9 Å². The second kappa shape index (κ2) is 5.78. The fourth-order valence-corrected chi connectivity index (χ4v) is 2.95. The SMILES string of the molecule is Cn1cc(/C=c2/s/c(=C\C(=O)c3ccco3)[nH]c2=O)c(Cl)n1. The van der Waals surface area contributed by atoms with Gasteiger partial charge in [0.15, 0.2) is 10.9 Å². The van der Waals surface area contributed by atoms with E-state index in [4.69, 9.17) is 16.0 Å². The molecule has 0 spiro atoms. The summed E-state index contributed by atoms with van der Waals surface area (Å²) in [5.41, 5.74) is 0.351. The molecular formula is C14H10ClN3O3S. The Bertz CT molecular complexity index is 995. The first-order chi connectivity index (χ1) is 10.5. The van der Waals surface area contributed by atoms with Crippen molar-refractivity contribution in [3.63, 3.8) is 0 Å². The Morgan fingerprint density at radius 2 is 2.36 bits per heavy atom. The minimum absolute atomic E-state index is 0.218. The molecule has 0 aliphatic carbocycles. The number of aryl methyl sites for hydroxylation is 1. The van der Waals surface area contributed by atoms with Gasteiger partial charge in [0, 0.05) is 24.9 Å². The van der Waals surface area contributed by atoms with Gasteiger partial charge >= 0.3 is 0 Å². The van der Waals surface area contributed by atoms with Crippen LogP contribution in [0.25, 0.3) is 12.2 Å². The largest absolute Gasteiger partial charge is 0.461 e. The first-order valence-corrected chi connectivity index (χ1v) is 7.42. The van der Waals surface area contributed by atoms with Crippen molar-refractivity contribution < 1.29 is 9.21 Å². The summed E-state index contributed by atoms with van der Waals surface area (Å²) >= 11 is 7.12. The number of hydrogen-bond donors (Lipinski definition) is 1. The maximum absolute atomic E-state index is 11.9. The third-order valence-corrected chi connectivity index (χ3v) is 4.06. The molecule has 1 N–H and O–H groups in total. The van der Waals surface area contributed by atoms with Crippen molar-refractivity contribution >= 4 is 40.9 Å². The number of ketones is 1. The van der Waals surface area contributed by atoms with Crippen LogP contribution in [0.5, 0.6) is 0 Å². The van der Waals surface area contributed by atoms with Gasteiger partial charge in [-0.05, 0) is 18.2 Å². The van der Waals surface area contributed by atoms with Crippen LogP contribution < -0.4 is 14.8 Å². The molecule has 112 valence electrons. The number of nitrogens with one attached hydrogen (secondary N) is 1. The van der Waals surface area contributed by atoms with Crippen LogP contribution >= 0.6 is 22.9 Å². The summed E-state index contributed by atoms with van der Waals surface area (Å²) in [6.45, 7) is 0. The molecule has 0 saturated carbocycles. The van der Waals surface area contributed by atoms with Crippen molar-refractivity contribution in [2.24, 2.45) is 7.05 Å². The summed E-state index contributed by atoms with van der Waals surface area (Å²) in [6.07, 6.45) is 6.08. The highest BCUT2D eigenvalue weighted by Crippen LogP contribution is 2.12. The van der Waals surface area contributed by atoms with Gasteiger partial charge < -0.3 is 9.40 Å². The van der Waals surface area contributed by atoms with Crippen LogP contribution in [0, 0.1) is 0 Å². The number of Topliss-reactive ketones (excluding diaryl/α,β-unsaturated/α-hetero) is 1. The molecule has 0 amide bonds. The monoisotopic (exact) mass is 335 g/mol. The van der Waals surface area contributed by atoms with Gasteiger partial charge in [0.05, 0.1) is 15.5 Å². The standard InChI is InChI=1S/C14H10ClN3O3S/c1-18-7-8(13(15)17-18)5-11-14(20)16-12(22-11)6-9(19)10-3-2-4-21-10/h2-7H,1H3,(H,16,20)/b11-5+,12-6-. The van der Waals surface area contributed by atoms with Crippen molar-refractivity contribution in [2.45, 2.75) is 0 Å². The van der Waals surface area contributed by atoms with E-state index in [1.165, 1.54) is 12.3 Å². The molecule has 0 aliphatic rings. The van der Waals surface area contributed by atoms with Crippen molar-refractivity contribution in [2.75, 3.05) is 0 Å². The van der Waals surface area contributed by atoms with E-state index >= 15 is 0 Å². The van der Waals surface area contributed by atoms with Crippen LogP contribution in [-0.2, 0) is 7.05 Å². The van der Waals surface area contributed by atoms with Gasteiger partial charge in [-0.3, -0.25) is 14.3 Å². The fraction of sp³-hybridized carbons (Fsp3) is 0.0714. The number of H-pyrrole nitrogens is 1. The third kappa shape index (κ3) is 2.95. The van der Waals surface area contributed by atoms with Gasteiger partial charge in [-0.15, -0.1) is 11.3 Å². The first-order valence-electron chi connectivity index (χ1n) is 6.22. The molecule has 0 unspecified atom stereocenters. The van der Waals surface area contributed by atoms with Gasteiger partial charge in [0.2, 0.25) is 5.78 Å². The number of carbonyl (C=O) groups is 1. The first kappa shape index (κ1) is 14.6. The highest BCUT2D eigenvalue weighted by Gasteiger charge is 2.06. The number of aromatic amines is 1. The number of carbonyl (C=O) groups excluding carboxylic acids is 1. The minimum atomic E-state index is -0.312. The van der Waals surface area contributed by atoms with E-state index in [0.717, 1.165) is 11.3 Å². The van der Waals surface area contributed by atoms with E-state index in [9.17, 15) is 9.59 Å².